The van der Waals surface area contributed by atoms with Crippen LogP contribution in [0.1, 0.15) is 12.5 Å². The predicted molar refractivity (Wildman–Crippen MR) is 57.7 cm³/mol. The molecule has 70 valence electrons. The van der Waals surface area contributed by atoms with Crippen molar-refractivity contribution < 1.29 is 9.53 Å². The molecule has 0 unspecified atom stereocenters. The van der Waals surface area contributed by atoms with E-state index in [0.717, 1.165) is 10.0 Å². The van der Waals surface area contributed by atoms with Crippen LogP contribution in [0.3, 0.4) is 0 Å². The van der Waals surface area contributed by atoms with E-state index in [1.807, 2.05) is 10.8 Å². The maximum Gasteiger partial charge on any atom is 0.330 e. The van der Waals surface area contributed by atoms with Gasteiger partial charge in [-0.05, 0) is 39.9 Å². The van der Waals surface area contributed by atoms with Crippen LogP contribution in [0.2, 0.25) is 0 Å². The molecule has 0 N–H and O–H groups in total. The second kappa shape index (κ2) is 5.19. The molecule has 4 heteroatoms. The Morgan fingerprint density at radius 1 is 1.69 bits per heavy atom. The molecule has 0 radical (unpaired) electrons. The van der Waals surface area contributed by atoms with Crippen molar-refractivity contribution in [3.8, 4) is 0 Å². The van der Waals surface area contributed by atoms with Gasteiger partial charge < -0.3 is 4.74 Å². The van der Waals surface area contributed by atoms with Crippen LogP contribution in [0.15, 0.2) is 21.3 Å². The molecule has 0 saturated carbocycles. The summed E-state index contributed by atoms with van der Waals surface area (Å²) < 4.78 is 5.74. The molecule has 1 heterocycles. The highest BCUT2D eigenvalue weighted by Crippen LogP contribution is 2.22. The fraction of sp³-hybridized carbons (Fsp3) is 0.222. The fourth-order valence-corrected chi connectivity index (χ4v) is 2.16. The Morgan fingerprint density at radius 2 is 2.46 bits per heavy atom. The topological polar surface area (TPSA) is 26.3 Å². The summed E-state index contributed by atoms with van der Waals surface area (Å²) in [6, 6.07) is 0. The largest absolute Gasteiger partial charge is 0.463 e. The molecule has 1 aromatic heterocycles. The lowest BCUT2D eigenvalue weighted by Gasteiger charge is -1.93. The molecule has 0 amide bonds. The molecule has 1 aromatic rings. The molecule has 2 nitrogen and oxygen atoms in total. The third kappa shape index (κ3) is 3.32. The maximum absolute atomic E-state index is 10.9. The first-order valence-corrected chi connectivity index (χ1v) is 5.54. The van der Waals surface area contributed by atoms with Gasteiger partial charge in [0.15, 0.2) is 0 Å². The second-order valence-electron chi connectivity index (χ2n) is 2.26. The molecule has 0 bridgehead atoms. The van der Waals surface area contributed by atoms with E-state index in [9.17, 15) is 4.79 Å². The van der Waals surface area contributed by atoms with Gasteiger partial charge in [-0.2, -0.15) is 11.3 Å². The fourth-order valence-electron chi connectivity index (χ4n) is 0.758. The number of halogens is 1. The second-order valence-corrected chi connectivity index (χ2v) is 3.86. The average molecular weight is 261 g/mol. The van der Waals surface area contributed by atoms with Crippen molar-refractivity contribution in [1.82, 2.24) is 0 Å². The van der Waals surface area contributed by atoms with Crippen LogP contribution in [0.25, 0.3) is 6.08 Å². The number of esters is 1. The Morgan fingerprint density at radius 3 is 3.00 bits per heavy atom. The lowest BCUT2D eigenvalue weighted by atomic mass is 10.3. The Kier molecular flexibility index (Phi) is 4.18. The molecule has 0 aliphatic carbocycles. The van der Waals surface area contributed by atoms with Crippen LogP contribution in [0.4, 0.5) is 0 Å². The van der Waals surface area contributed by atoms with Gasteiger partial charge in [-0.3, -0.25) is 0 Å². The van der Waals surface area contributed by atoms with Crippen molar-refractivity contribution in [2.24, 2.45) is 0 Å². The molecule has 1 rings (SSSR count). The molecular formula is C9H9BrO2S. The van der Waals surface area contributed by atoms with Gasteiger partial charge in [0.2, 0.25) is 0 Å². The number of hydrogen-bond donors (Lipinski definition) is 0. The van der Waals surface area contributed by atoms with Crippen LogP contribution in [-0.4, -0.2) is 12.6 Å². The first kappa shape index (κ1) is 10.5. The van der Waals surface area contributed by atoms with Gasteiger partial charge >= 0.3 is 5.97 Å². The summed E-state index contributed by atoms with van der Waals surface area (Å²) in [7, 11) is 0. The predicted octanol–water partition coefficient (Wildman–Crippen LogP) is 3.09. The lowest BCUT2D eigenvalue weighted by molar-refractivity contribution is -0.137. The van der Waals surface area contributed by atoms with E-state index in [1.165, 1.54) is 6.08 Å². The Labute approximate surface area is 89.3 Å². The molecule has 0 fully saturated rings. The van der Waals surface area contributed by atoms with E-state index >= 15 is 0 Å². The highest BCUT2D eigenvalue weighted by atomic mass is 79.9. The number of rotatable bonds is 3. The monoisotopic (exact) mass is 260 g/mol. The van der Waals surface area contributed by atoms with Crippen molar-refractivity contribution in [2.45, 2.75) is 6.92 Å². The van der Waals surface area contributed by atoms with Gasteiger partial charge in [0.1, 0.15) is 0 Å². The van der Waals surface area contributed by atoms with E-state index in [0.29, 0.717) is 6.61 Å². The molecule has 0 atom stereocenters. The van der Waals surface area contributed by atoms with E-state index in [2.05, 4.69) is 15.9 Å². The van der Waals surface area contributed by atoms with Crippen molar-refractivity contribution >= 4 is 39.3 Å². The molecule has 0 aliphatic rings. The highest BCUT2D eigenvalue weighted by molar-refractivity contribution is 9.10. The minimum Gasteiger partial charge on any atom is -0.463 e. The van der Waals surface area contributed by atoms with Crippen LogP contribution in [0, 0.1) is 0 Å². The smallest absolute Gasteiger partial charge is 0.330 e. The summed E-state index contributed by atoms with van der Waals surface area (Å²) in [6.45, 7) is 2.19. The summed E-state index contributed by atoms with van der Waals surface area (Å²) in [5.41, 5.74) is 0.998. The van der Waals surface area contributed by atoms with Crippen molar-refractivity contribution in [3.63, 3.8) is 0 Å². The van der Waals surface area contributed by atoms with Crippen molar-refractivity contribution in [1.29, 1.82) is 0 Å². The van der Waals surface area contributed by atoms with E-state index in [1.54, 1.807) is 24.3 Å². The summed E-state index contributed by atoms with van der Waals surface area (Å²) in [5.74, 6) is -0.305. The normalized spacial score (nSPS) is 10.6. The maximum atomic E-state index is 10.9. The minimum atomic E-state index is -0.305. The van der Waals surface area contributed by atoms with E-state index in [4.69, 9.17) is 4.74 Å². The molecule has 0 saturated heterocycles. The van der Waals surface area contributed by atoms with E-state index in [-0.39, 0.29) is 5.97 Å². The Bertz CT molecular complexity index is 317. The van der Waals surface area contributed by atoms with Gasteiger partial charge in [-0.25, -0.2) is 4.79 Å². The van der Waals surface area contributed by atoms with Crippen molar-refractivity contribution in [3.05, 3.63) is 26.9 Å². The van der Waals surface area contributed by atoms with Gasteiger partial charge in [-0.1, -0.05) is 0 Å². The first-order chi connectivity index (χ1) is 6.24. The number of carbonyl (C=O) groups is 1. The number of thiophene rings is 1. The van der Waals surface area contributed by atoms with Gasteiger partial charge in [0.05, 0.1) is 6.61 Å². The van der Waals surface area contributed by atoms with Crippen LogP contribution in [0.5, 0.6) is 0 Å². The molecule has 0 spiro atoms. The Hall–Kier alpha value is -0.610. The highest BCUT2D eigenvalue weighted by Gasteiger charge is 1.97. The molecular weight excluding hydrogens is 252 g/mol. The number of carbonyl (C=O) groups excluding carboxylic acids is 1. The zero-order valence-electron chi connectivity index (χ0n) is 7.12. The summed E-state index contributed by atoms with van der Waals surface area (Å²) in [4.78, 5) is 10.9. The van der Waals surface area contributed by atoms with Gasteiger partial charge in [0.25, 0.3) is 0 Å². The molecule has 0 aromatic carbocycles. The molecule has 13 heavy (non-hydrogen) atoms. The SMILES string of the molecule is CCOC(=O)/C=C/c1cscc1Br. The zero-order valence-corrected chi connectivity index (χ0v) is 9.52. The van der Waals surface area contributed by atoms with Gasteiger partial charge in [-0.15, -0.1) is 0 Å². The third-order valence-corrected chi connectivity index (χ3v) is 3.08. The number of ether oxygens (including phenoxy) is 1. The summed E-state index contributed by atoms with van der Waals surface area (Å²) in [6.07, 6.45) is 3.16. The van der Waals surface area contributed by atoms with Crippen LogP contribution >= 0.6 is 27.3 Å². The first-order valence-electron chi connectivity index (χ1n) is 3.80. The van der Waals surface area contributed by atoms with Gasteiger partial charge in [0, 0.05) is 15.9 Å². The average Bonchev–Trinajstić information content (AvgIpc) is 2.48. The summed E-state index contributed by atoms with van der Waals surface area (Å²) in [5, 5.41) is 3.92. The summed E-state index contributed by atoms with van der Waals surface area (Å²) >= 11 is 4.94. The quantitative estimate of drug-likeness (QED) is 0.617. The lowest BCUT2D eigenvalue weighted by Crippen LogP contribution is -1.98. The minimum absolute atomic E-state index is 0.305. The van der Waals surface area contributed by atoms with Crippen LogP contribution in [-0.2, 0) is 9.53 Å². The Balaban J connectivity index is 2.58. The zero-order chi connectivity index (χ0) is 9.68. The number of hydrogen-bond acceptors (Lipinski definition) is 3. The third-order valence-electron chi connectivity index (χ3n) is 1.33. The standard InChI is InChI=1S/C9H9BrO2S/c1-2-12-9(11)4-3-7-5-13-6-8(7)10/h3-6H,2H2,1H3/b4-3+. The van der Waals surface area contributed by atoms with Crippen molar-refractivity contribution in [2.75, 3.05) is 6.61 Å². The van der Waals surface area contributed by atoms with E-state index < -0.39 is 0 Å². The van der Waals surface area contributed by atoms with Crippen LogP contribution < -0.4 is 0 Å². The molecule has 0 aliphatic heterocycles.